The Bertz CT molecular complexity index is 238. The van der Waals surface area contributed by atoms with Crippen molar-refractivity contribution in [1.82, 2.24) is 5.32 Å². The van der Waals surface area contributed by atoms with Crippen LogP contribution in [-0.2, 0) is 9.59 Å². The van der Waals surface area contributed by atoms with Crippen LogP contribution >= 0.6 is 0 Å². The number of carboxylic acid groups (broad SMARTS) is 1. The minimum absolute atomic E-state index is 0.170. The summed E-state index contributed by atoms with van der Waals surface area (Å²) in [5, 5.41) is 10.9. The topological polar surface area (TPSA) is 66.4 Å². The number of nitrogens with one attached hydrogen (secondary N) is 1. The Morgan fingerprint density at radius 2 is 1.86 bits per heavy atom. The maximum atomic E-state index is 11.0. The van der Waals surface area contributed by atoms with E-state index in [-0.39, 0.29) is 11.3 Å². The highest BCUT2D eigenvalue weighted by Crippen LogP contribution is 2.16. The van der Waals surface area contributed by atoms with E-state index in [9.17, 15) is 9.59 Å². The summed E-state index contributed by atoms with van der Waals surface area (Å²) < 4.78 is 0. The second kappa shape index (κ2) is 5.42. The van der Waals surface area contributed by atoms with Crippen LogP contribution in [0.4, 0.5) is 0 Å². The summed E-state index contributed by atoms with van der Waals surface area (Å²) in [4.78, 5) is 21.0. The van der Waals surface area contributed by atoms with Crippen LogP contribution in [0, 0.1) is 5.41 Å². The SMILES string of the molecule is CC(C)(C)CCNC(=O)/C=C/C(=O)O. The van der Waals surface area contributed by atoms with Crippen molar-refractivity contribution >= 4 is 11.9 Å². The molecule has 0 aliphatic rings. The molecule has 4 nitrogen and oxygen atoms in total. The lowest BCUT2D eigenvalue weighted by atomic mass is 9.92. The van der Waals surface area contributed by atoms with Gasteiger partial charge in [0.25, 0.3) is 0 Å². The van der Waals surface area contributed by atoms with Gasteiger partial charge in [-0.1, -0.05) is 20.8 Å². The molecule has 1 amide bonds. The van der Waals surface area contributed by atoms with Crippen LogP contribution in [0.2, 0.25) is 0 Å². The molecule has 0 atom stereocenters. The molecule has 4 heteroatoms. The average Bonchev–Trinajstić information content (AvgIpc) is 1.98. The molecule has 0 bridgehead atoms. The van der Waals surface area contributed by atoms with Crippen LogP contribution in [0.25, 0.3) is 0 Å². The van der Waals surface area contributed by atoms with Gasteiger partial charge >= 0.3 is 5.97 Å². The molecule has 0 aromatic rings. The number of hydrogen-bond donors (Lipinski definition) is 2. The lowest BCUT2D eigenvalue weighted by Crippen LogP contribution is -2.25. The predicted molar refractivity (Wildman–Crippen MR) is 53.9 cm³/mol. The highest BCUT2D eigenvalue weighted by molar-refractivity contribution is 5.93. The van der Waals surface area contributed by atoms with Crippen molar-refractivity contribution in [1.29, 1.82) is 0 Å². The van der Waals surface area contributed by atoms with Gasteiger partial charge in [-0.2, -0.15) is 0 Å². The molecular weight excluding hydrogens is 182 g/mol. The molecule has 0 saturated carbocycles. The van der Waals surface area contributed by atoms with Crippen LogP contribution in [0.15, 0.2) is 12.2 Å². The summed E-state index contributed by atoms with van der Waals surface area (Å²) in [7, 11) is 0. The monoisotopic (exact) mass is 199 g/mol. The van der Waals surface area contributed by atoms with Crippen molar-refractivity contribution < 1.29 is 14.7 Å². The van der Waals surface area contributed by atoms with Crippen molar-refractivity contribution in [3.05, 3.63) is 12.2 Å². The fourth-order valence-corrected chi connectivity index (χ4v) is 0.767. The Balaban J connectivity index is 3.71. The van der Waals surface area contributed by atoms with Gasteiger partial charge in [-0.15, -0.1) is 0 Å². The van der Waals surface area contributed by atoms with Crippen molar-refractivity contribution in [3.8, 4) is 0 Å². The number of carbonyl (C=O) groups excluding carboxylic acids is 1. The molecule has 0 saturated heterocycles. The van der Waals surface area contributed by atoms with E-state index in [2.05, 4.69) is 26.1 Å². The zero-order valence-electron chi connectivity index (χ0n) is 8.83. The van der Waals surface area contributed by atoms with Crippen molar-refractivity contribution in [2.75, 3.05) is 6.54 Å². The molecule has 0 heterocycles. The quantitative estimate of drug-likeness (QED) is 0.668. The summed E-state index contributed by atoms with van der Waals surface area (Å²) in [5.41, 5.74) is 0.170. The first-order valence-electron chi connectivity index (χ1n) is 4.50. The van der Waals surface area contributed by atoms with Crippen LogP contribution in [0.5, 0.6) is 0 Å². The lowest BCUT2D eigenvalue weighted by molar-refractivity contribution is -0.131. The van der Waals surface area contributed by atoms with Crippen LogP contribution in [0.1, 0.15) is 27.2 Å². The minimum Gasteiger partial charge on any atom is -0.478 e. The summed E-state index contributed by atoms with van der Waals surface area (Å²) >= 11 is 0. The van der Waals surface area contributed by atoms with E-state index in [0.717, 1.165) is 18.6 Å². The van der Waals surface area contributed by atoms with E-state index in [0.29, 0.717) is 6.54 Å². The molecule has 14 heavy (non-hydrogen) atoms. The van der Waals surface area contributed by atoms with Gasteiger partial charge < -0.3 is 10.4 Å². The van der Waals surface area contributed by atoms with Crippen LogP contribution in [-0.4, -0.2) is 23.5 Å². The van der Waals surface area contributed by atoms with Crippen LogP contribution in [0.3, 0.4) is 0 Å². The molecule has 0 aromatic heterocycles. The largest absolute Gasteiger partial charge is 0.478 e. The van der Waals surface area contributed by atoms with Crippen LogP contribution < -0.4 is 5.32 Å². The standard InChI is InChI=1S/C10H17NO3/c1-10(2,3)6-7-11-8(12)4-5-9(13)14/h4-5H,6-7H2,1-3H3,(H,11,12)(H,13,14)/b5-4+. The molecule has 2 N–H and O–H groups in total. The van der Waals surface area contributed by atoms with E-state index in [1.165, 1.54) is 0 Å². The van der Waals surface area contributed by atoms with Crippen molar-refractivity contribution in [3.63, 3.8) is 0 Å². The number of carboxylic acids is 1. The second-order valence-electron chi connectivity index (χ2n) is 4.27. The molecule has 0 fully saturated rings. The molecule has 0 radical (unpaired) electrons. The van der Waals surface area contributed by atoms with Gasteiger partial charge in [-0.05, 0) is 11.8 Å². The molecule has 80 valence electrons. The Hall–Kier alpha value is -1.32. The predicted octanol–water partition coefficient (Wildman–Crippen LogP) is 1.18. The summed E-state index contributed by atoms with van der Waals surface area (Å²) in [6.07, 6.45) is 2.71. The molecule has 0 aromatic carbocycles. The highest BCUT2D eigenvalue weighted by Gasteiger charge is 2.09. The molecule has 0 spiro atoms. The Kier molecular flexibility index (Phi) is 4.91. The van der Waals surface area contributed by atoms with Gasteiger partial charge in [0.05, 0.1) is 0 Å². The molecule has 0 aliphatic carbocycles. The van der Waals surface area contributed by atoms with E-state index in [1.807, 2.05) is 0 Å². The Morgan fingerprint density at radius 3 is 2.29 bits per heavy atom. The van der Waals surface area contributed by atoms with E-state index in [1.54, 1.807) is 0 Å². The smallest absolute Gasteiger partial charge is 0.328 e. The number of hydrogen-bond acceptors (Lipinski definition) is 2. The number of rotatable bonds is 4. The third kappa shape index (κ3) is 8.77. The fraction of sp³-hybridized carbons (Fsp3) is 0.600. The van der Waals surface area contributed by atoms with E-state index >= 15 is 0 Å². The third-order valence-electron chi connectivity index (χ3n) is 1.55. The summed E-state index contributed by atoms with van der Waals surface area (Å²) in [6.45, 7) is 6.79. The highest BCUT2D eigenvalue weighted by atomic mass is 16.4. The van der Waals surface area contributed by atoms with Gasteiger partial charge in [0.1, 0.15) is 0 Å². The van der Waals surface area contributed by atoms with E-state index in [4.69, 9.17) is 5.11 Å². The Morgan fingerprint density at radius 1 is 1.29 bits per heavy atom. The van der Waals surface area contributed by atoms with Gasteiger partial charge in [-0.25, -0.2) is 4.79 Å². The number of amides is 1. The fourth-order valence-electron chi connectivity index (χ4n) is 0.767. The lowest BCUT2D eigenvalue weighted by Gasteiger charge is -2.17. The maximum Gasteiger partial charge on any atom is 0.328 e. The third-order valence-corrected chi connectivity index (χ3v) is 1.55. The van der Waals surface area contributed by atoms with Gasteiger partial charge in [0.15, 0.2) is 0 Å². The number of aliphatic carboxylic acids is 1. The van der Waals surface area contributed by atoms with E-state index < -0.39 is 5.97 Å². The first kappa shape index (κ1) is 12.7. The normalized spacial score (nSPS) is 11.6. The summed E-state index contributed by atoms with van der Waals surface area (Å²) in [5.74, 6) is -1.48. The summed E-state index contributed by atoms with van der Waals surface area (Å²) in [6, 6.07) is 0. The van der Waals surface area contributed by atoms with Gasteiger partial charge in [-0.3, -0.25) is 4.79 Å². The minimum atomic E-state index is -1.11. The Labute approximate surface area is 84.0 Å². The molecule has 0 unspecified atom stereocenters. The second-order valence-corrected chi connectivity index (χ2v) is 4.27. The first-order valence-corrected chi connectivity index (χ1v) is 4.50. The molecular formula is C10H17NO3. The zero-order valence-corrected chi connectivity index (χ0v) is 8.83. The number of carbonyl (C=O) groups is 2. The first-order chi connectivity index (χ1) is 6.31. The van der Waals surface area contributed by atoms with Crippen molar-refractivity contribution in [2.45, 2.75) is 27.2 Å². The van der Waals surface area contributed by atoms with Gasteiger partial charge in [0.2, 0.25) is 5.91 Å². The maximum absolute atomic E-state index is 11.0. The molecule has 0 aliphatic heterocycles. The molecule has 0 rings (SSSR count). The average molecular weight is 199 g/mol. The zero-order chi connectivity index (χ0) is 11.2. The van der Waals surface area contributed by atoms with Gasteiger partial charge in [0, 0.05) is 18.7 Å². The van der Waals surface area contributed by atoms with Crippen molar-refractivity contribution in [2.24, 2.45) is 5.41 Å².